The van der Waals surface area contributed by atoms with Gasteiger partial charge in [0.05, 0.1) is 12.1 Å². The summed E-state index contributed by atoms with van der Waals surface area (Å²) in [6, 6.07) is 14.7. The molecule has 7 nitrogen and oxygen atoms in total. The van der Waals surface area contributed by atoms with E-state index in [0.717, 1.165) is 16.8 Å². The molecular formula is C23H26ClN5O2S. The number of anilines is 1. The van der Waals surface area contributed by atoms with Crippen molar-refractivity contribution in [2.45, 2.75) is 17.3 Å². The SMILES string of the molecule is Cc1cccc(NC(=O)c2cccnc2SC(NC(=O)CN(C)C)c2ccncc2)c1.Cl. The molecule has 1 unspecified atom stereocenters. The highest BCUT2D eigenvalue weighted by atomic mass is 35.5. The Balaban J connectivity index is 0.00000363. The van der Waals surface area contributed by atoms with Crippen LogP contribution in [-0.2, 0) is 4.79 Å². The van der Waals surface area contributed by atoms with Crippen molar-refractivity contribution in [2.24, 2.45) is 0 Å². The van der Waals surface area contributed by atoms with Gasteiger partial charge in [-0.05, 0) is 68.5 Å². The zero-order chi connectivity index (χ0) is 22.2. The van der Waals surface area contributed by atoms with E-state index < -0.39 is 5.37 Å². The molecule has 2 heterocycles. The molecule has 3 rings (SSSR count). The van der Waals surface area contributed by atoms with Crippen LogP contribution in [0.5, 0.6) is 0 Å². The van der Waals surface area contributed by atoms with Gasteiger partial charge >= 0.3 is 0 Å². The number of thioether (sulfide) groups is 1. The Morgan fingerprint density at radius 1 is 1.06 bits per heavy atom. The second-order valence-corrected chi connectivity index (χ2v) is 8.36. The Labute approximate surface area is 198 Å². The Morgan fingerprint density at radius 3 is 2.50 bits per heavy atom. The highest BCUT2D eigenvalue weighted by Gasteiger charge is 2.21. The number of likely N-dealkylation sites (N-methyl/N-ethyl adjacent to an activating group) is 1. The molecule has 0 radical (unpaired) electrons. The van der Waals surface area contributed by atoms with Gasteiger partial charge in [0.15, 0.2) is 0 Å². The first-order valence-corrected chi connectivity index (χ1v) is 10.6. The van der Waals surface area contributed by atoms with Crippen LogP contribution in [0.25, 0.3) is 0 Å². The number of hydrogen-bond donors (Lipinski definition) is 2. The molecule has 2 amide bonds. The summed E-state index contributed by atoms with van der Waals surface area (Å²) in [5, 5.41) is 6.05. The van der Waals surface area contributed by atoms with Crippen molar-refractivity contribution in [3.05, 3.63) is 83.8 Å². The van der Waals surface area contributed by atoms with Gasteiger partial charge in [0.1, 0.15) is 10.4 Å². The number of nitrogens with one attached hydrogen (secondary N) is 2. The molecule has 32 heavy (non-hydrogen) atoms. The number of aryl methyl sites for hydroxylation is 1. The van der Waals surface area contributed by atoms with E-state index in [0.29, 0.717) is 10.6 Å². The highest BCUT2D eigenvalue weighted by molar-refractivity contribution is 7.99. The van der Waals surface area contributed by atoms with Crippen molar-refractivity contribution in [2.75, 3.05) is 26.0 Å². The van der Waals surface area contributed by atoms with Crippen LogP contribution in [0.4, 0.5) is 5.69 Å². The third kappa shape index (κ3) is 7.33. The van der Waals surface area contributed by atoms with Crippen LogP contribution in [0, 0.1) is 6.92 Å². The summed E-state index contributed by atoms with van der Waals surface area (Å²) >= 11 is 1.32. The summed E-state index contributed by atoms with van der Waals surface area (Å²) in [5.41, 5.74) is 3.08. The Morgan fingerprint density at radius 2 is 1.81 bits per heavy atom. The molecular weight excluding hydrogens is 446 g/mol. The van der Waals surface area contributed by atoms with E-state index in [2.05, 4.69) is 20.6 Å². The third-order valence-corrected chi connectivity index (χ3v) is 5.46. The maximum absolute atomic E-state index is 13.0. The minimum absolute atomic E-state index is 0. The number of aromatic nitrogens is 2. The average Bonchev–Trinajstić information content (AvgIpc) is 2.73. The van der Waals surface area contributed by atoms with Gasteiger partial charge in [0, 0.05) is 24.3 Å². The fourth-order valence-corrected chi connectivity index (χ4v) is 4.00. The van der Waals surface area contributed by atoms with Crippen LogP contribution in [0.3, 0.4) is 0 Å². The van der Waals surface area contributed by atoms with Gasteiger partial charge in [-0.3, -0.25) is 14.6 Å². The largest absolute Gasteiger partial charge is 0.339 e. The van der Waals surface area contributed by atoms with E-state index in [9.17, 15) is 9.59 Å². The van der Waals surface area contributed by atoms with Gasteiger partial charge < -0.3 is 15.5 Å². The molecule has 0 bridgehead atoms. The predicted octanol–water partition coefficient (Wildman–Crippen LogP) is 3.93. The maximum atomic E-state index is 13.0. The predicted molar refractivity (Wildman–Crippen MR) is 130 cm³/mol. The van der Waals surface area contributed by atoms with Crippen molar-refractivity contribution >= 4 is 41.7 Å². The Kier molecular flexibility index (Phi) is 9.64. The zero-order valence-corrected chi connectivity index (χ0v) is 19.7. The van der Waals surface area contributed by atoms with Gasteiger partial charge in [-0.25, -0.2) is 4.98 Å². The number of carbonyl (C=O) groups excluding carboxylic acids is 2. The lowest BCUT2D eigenvalue weighted by Crippen LogP contribution is -2.35. The van der Waals surface area contributed by atoms with Crippen LogP contribution >= 0.6 is 24.2 Å². The quantitative estimate of drug-likeness (QED) is 0.382. The summed E-state index contributed by atoms with van der Waals surface area (Å²) < 4.78 is 0. The molecule has 0 spiro atoms. The molecule has 2 N–H and O–H groups in total. The first-order chi connectivity index (χ1) is 14.9. The number of hydrogen-bond acceptors (Lipinski definition) is 6. The molecule has 3 aromatic rings. The first kappa shape index (κ1) is 25.3. The van der Waals surface area contributed by atoms with Crippen molar-refractivity contribution in [1.29, 1.82) is 0 Å². The lowest BCUT2D eigenvalue weighted by Gasteiger charge is -2.20. The molecule has 2 aromatic heterocycles. The number of amides is 2. The minimum atomic E-state index is -0.420. The number of carbonyl (C=O) groups is 2. The van der Waals surface area contributed by atoms with Crippen molar-refractivity contribution in [3.63, 3.8) is 0 Å². The second kappa shape index (κ2) is 12.2. The molecule has 168 valence electrons. The van der Waals surface area contributed by atoms with E-state index in [1.807, 2.05) is 57.4 Å². The summed E-state index contributed by atoms with van der Waals surface area (Å²) in [5.74, 6) is -0.379. The van der Waals surface area contributed by atoms with Gasteiger partial charge in [0.25, 0.3) is 5.91 Å². The van der Waals surface area contributed by atoms with E-state index in [4.69, 9.17) is 0 Å². The molecule has 0 saturated carbocycles. The lowest BCUT2D eigenvalue weighted by atomic mass is 10.2. The summed E-state index contributed by atoms with van der Waals surface area (Å²) in [6.07, 6.45) is 4.98. The standard InChI is InChI=1S/C23H25N5O2S.ClH/c1-16-6-4-7-18(14-16)26-21(30)19-8-5-11-25-23(19)31-22(17-9-12-24-13-10-17)27-20(29)15-28(2)3;/h4-14,22H,15H2,1-3H3,(H,26,30)(H,27,29);1H. The number of benzene rings is 1. The lowest BCUT2D eigenvalue weighted by molar-refractivity contribution is -0.121. The number of rotatable bonds is 8. The van der Waals surface area contributed by atoms with E-state index in [1.165, 1.54) is 11.8 Å². The van der Waals surface area contributed by atoms with Crippen molar-refractivity contribution in [3.8, 4) is 0 Å². The first-order valence-electron chi connectivity index (χ1n) is 9.76. The summed E-state index contributed by atoms with van der Waals surface area (Å²) in [7, 11) is 3.67. The van der Waals surface area contributed by atoms with Crippen LogP contribution in [-0.4, -0.2) is 47.3 Å². The maximum Gasteiger partial charge on any atom is 0.258 e. The molecule has 0 saturated heterocycles. The van der Waals surface area contributed by atoms with E-state index >= 15 is 0 Å². The number of halogens is 1. The van der Waals surface area contributed by atoms with E-state index in [-0.39, 0.29) is 30.8 Å². The van der Waals surface area contributed by atoms with Gasteiger partial charge in [0.2, 0.25) is 5.91 Å². The van der Waals surface area contributed by atoms with Crippen LogP contribution in [0.2, 0.25) is 0 Å². The topological polar surface area (TPSA) is 87.2 Å². The van der Waals surface area contributed by atoms with Crippen LogP contribution in [0.1, 0.15) is 26.9 Å². The minimum Gasteiger partial charge on any atom is -0.339 e. The fraction of sp³-hybridized carbons (Fsp3) is 0.217. The molecule has 1 aromatic carbocycles. The third-order valence-electron chi connectivity index (χ3n) is 4.28. The number of pyridine rings is 2. The molecule has 9 heteroatoms. The van der Waals surface area contributed by atoms with Gasteiger partial charge in [-0.2, -0.15) is 0 Å². The van der Waals surface area contributed by atoms with Gasteiger partial charge in [-0.15, -0.1) is 12.4 Å². The number of nitrogens with zero attached hydrogens (tertiary/aromatic N) is 3. The molecule has 0 aliphatic carbocycles. The second-order valence-electron chi connectivity index (χ2n) is 7.26. The Bertz CT molecular complexity index is 1050. The Hall–Kier alpha value is -2.94. The smallest absolute Gasteiger partial charge is 0.258 e. The summed E-state index contributed by atoms with van der Waals surface area (Å²) in [6.45, 7) is 2.22. The average molecular weight is 472 g/mol. The highest BCUT2D eigenvalue weighted by Crippen LogP contribution is 2.34. The van der Waals surface area contributed by atoms with Crippen molar-refractivity contribution < 1.29 is 9.59 Å². The molecule has 1 atom stereocenters. The summed E-state index contributed by atoms with van der Waals surface area (Å²) in [4.78, 5) is 35.7. The van der Waals surface area contributed by atoms with Crippen LogP contribution < -0.4 is 10.6 Å². The molecule has 0 fully saturated rings. The fourth-order valence-electron chi connectivity index (χ4n) is 2.89. The van der Waals surface area contributed by atoms with Crippen molar-refractivity contribution in [1.82, 2.24) is 20.2 Å². The molecule has 0 aliphatic rings. The molecule has 0 aliphatic heterocycles. The zero-order valence-electron chi connectivity index (χ0n) is 18.1. The van der Waals surface area contributed by atoms with Gasteiger partial charge in [-0.1, -0.05) is 23.9 Å². The van der Waals surface area contributed by atoms with E-state index in [1.54, 1.807) is 35.6 Å². The normalized spacial score (nSPS) is 11.4. The monoisotopic (exact) mass is 471 g/mol. The van der Waals surface area contributed by atoms with Crippen LogP contribution in [0.15, 0.2) is 72.1 Å².